The zero-order valence-electron chi connectivity index (χ0n) is 15.0. The van der Waals surface area contributed by atoms with E-state index in [-0.39, 0.29) is 0 Å². The molecule has 0 aliphatic carbocycles. The van der Waals surface area contributed by atoms with Crippen molar-refractivity contribution in [1.29, 1.82) is 0 Å². The van der Waals surface area contributed by atoms with E-state index in [4.69, 9.17) is 9.73 Å². The number of methoxy groups -OCH3 is 1. The van der Waals surface area contributed by atoms with E-state index >= 15 is 0 Å². The van der Waals surface area contributed by atoms with Crippen molar-refractivity contribution in [2.24, 2.45) is 4.99 Å². The van der Waals surface area contributed by atoms with Crippen LogP contribution in [0.15, 0.2) is 96.2 Å². The Labute approximate surface area is 158 Å². The predicted molar refractivity (Wildman–Crippen MR) is 109 cm³/mol. The Hall–Kier alpha value is -3.50. The van der Waals surface area contributed by atoms with Crippen molar-refractivity contribution >= 4 is 28.0 Å². The zero-order valence-corrected chi connectivity index (χ0v) is 15.0. The van der Waals surface area contributed by atoms with Crippen LogP contribution in [0.25, 0.3) is 10.8 Å². The molecule has 0 aliphatic rings. The molecule has 3 aromatic carbocycles. The molecule has 0 saturated carbocycles. The summed E-state index contributed by atoms with van der Waals surface area (Å²) in [6.07, 6.45) is 3.58. The molecule has 0 atom stereocenters. The molecule has 2 N–H and O–H groups in total. The van der Waals surface area contributed by atoms with E-state index in [9.17, 15) is 0 Å². The topological polar surface area (TPSA) is 51.1 Å². The van der Waals surface area contributed by atoms with Crippen LogP contribution in [0.2, 0.25) is 0 Å². The summed E-state index contributed by atoms with van der Waals surface area (Å²) >= 11 is 0. The minimum atomic E-state index is 0.818. The molecule has 1 heterocycles. The molecular weight excluding hydrogens is 334 g/mol. The third kappa shape index (κ3) is 3.86. The normalized spacial score (nSPS) is 11.5. The van der Waals surface area contributed by atoms with Crippen molar-refractivity contribution in [2.45, 2.75) is 0 Å². The Morgan fingerprint density at radius 3 is 2.37 bits per heavy atom. The average Bonchev–Trinajstić information content (AvgIpc) is 2.74. The van der Waals surface area contributed by atoms with Crippen LogP contribution in [0.1, 0.15) is 5.56 Å². The summed E-state index contributed by atoms with van der Waals surface area (Å²) in [4.78, 5) is 9.04. The van der Waals surface area contributed by atoms with Crippen molar-refractivity contribution in [3.63, 3.8) is 0 Å². The van der Waals surface area contributed by atoms with Crippen molar-refractivity contribution < 1.29 is 10.1 Å². The van der Waals surface area contributed by atoms with Gasteiger partial charge in [0.25, 0.3) is 0 Å². The van der Waals surface area contributed by atoms with E-state index in [1.165, 1.54) is 10.8 Å². The van der Waals surface area contributed by atoms with Crippen LogP contribution in [0.4, 0.5) is 11.4 Å². The van der Waals surface area contributed by atoms with Gasteiger partial charge < -0.3 is 4.74 Å². The number of benzene rings is 3. The molecule has 4 aromatic rings. The summed E-state index contributed by atoms with van der Waals surface area (Å²) in [5, 5.41) is 4.46. The van der Waals surface area contributed by atoms with E-state index in [1.807, 2.05) is 36.4 Å². The Bertz CT molecular complexity index is 1070. The molecule has 0 unspecified atom stereocenters. The van der Waals surface area contributed by atoms with Gasteiger partial charge in [-0.15, -0.1) is 0 Å². The zero-order chi connectivity index (χ0) is 18.5. The highest BCUT2D eigenvalue weighted by Crippen LogP contribution is 2.22. The molecule has 4 rings (SSSR count). The van der Waals surface area contributed by atoms with Crippen LogP contribution in [0.3, 0.4) is 0 Å². The van der Waals surface area contributed by atoms with E-state index < -0.39 is 0 Å². The molecule has 0 aliphatic heterocycles. The van der Waals surface area contributed by atoms with Crippen molar-refractivity contribution in [1.82, 2.24) is 4.98 Å². The first-order valence-corrected chi connectivity index (χ1v) is 8.79. The largest absolute Gasteiger partial charge is 0.497 e. The Balaban J connectivity index is 1.83. The lowest BCUT2D eigenvalue weighted by Crippen LogP contribution is -2.82. The molecule has 0 saturated heterocycles. The molecule has 0 fully saturated rings. The van der Waals surface area contributed by atoms with E-state index in [0.29, 0.717) is 0 Å². The van der Waals surface area contributed by atoms with Crippen LogP contribution >= 0.6 is 0 Å². The summed E-state index contributed by atoms with van der Waals surface area (Å²) in [5.74, 6) is 1.72. The third-order valence-corrected chi connectivity index (χ3v) is 4.40. The first kappa shape index (κ1) is 16.9. The summed E-state index contributed by atoms with van der Waals surface area (Å²) in [6, 6.07) is 26.4. The van der Waals surface area contributed by atoms with Gasteiger partial charge in [-0.3, -0.25) is 10.3 Å². The number of aromatic nitrogens is 1. The lowest BCUT2D eigenvalue weighted by molar-refractivity contribution is -0.442. The van der Waals surface area contributed by atoms with Gasteiger partial charge in [0, 0.05) is 24.5 Å². The molecule has 0 bridgehead atoms. The van der Waals surface area contributed by atoms with Crippen molar-refractivity contribution in [2.75, 3.05) is 7.11 Å². The van der Waals surface area contributed by atoms with Crippen LogP contribution in [0, 0.1) is 0 Å². The van der Waals surface area contributed by atoms with Crippen molar-refractivity contribution in [3.8, 4) is 5.75 Å². The van der Waals surface area contributed by atoms with Gasteiger partial charge in [-0.05, 0) is 41.1 Å². The molecule has 4 heteroatoms. The molecule has 1 aromatic heterocycles. The number of fused-ring (bicyclic) bond motifs is 1. The molecule has 0 radical (unpaired) electrons. The summed E-state index contributed by atoms with van der Waals surface area (Å²) in [5.41, 5.74) is 3.04. The number of quaternary nitrogens is 1. The van der Waals surface area contributed by atoms with Crippen LogP contribution in [-0.2, 0) is 0 Å². The second-order valence-electron chi connectivity index (χ2n) is 6.15. The van der Waals surface area contributed by atoms with Gasteiger partial charge >= 0.3 is 0 Å². The third-order valence-electron chi connectivity index (χ3n) is 4.40. The molecule has 27 heavy (non-hydrogen) atoms. The maximum atomic E-state index is 5.25. The SMILES string of the molecule is COc1ccc(N=C([NH2+]c2ccncc2)c2cccc3ccccc23)cc1. The fourth-order valence-electron chi connectivity index (χ4n) is 3.03. The second kappa shape index (κ2) is 7.81. The van der Waals surface area contributed by atoms with Crippen molar-refractivity contribution in [3.05, 3.63) is 96.8 Å². The number of aliphatic imine (C=N–C) groups is 1. The minimum Gasteiger partial charge on any atom is -0.497 e. The first-order valence-electron chi connectivity index (χ1n) is 8.79. The van der Waals surface area contributed by atoms with Gasteiger partial charge in [-0.25, -0.2) is 0 Å². The summed E-state index contributed by atoms with van der Waals surface area (Å²) < 4.78 is 5.25. The molecule has 4 nitrogen and oxygen atoms in total. The van der Waals surface area contributed by atoms with E-state index in [2.05, 4.69) is 52.8 Å². The summed E-state index contributed by atoms with van der Waals surface area (Å²) in [6.45, 7) is 0. The number of hydrogen-bond acceptors (Lipinski definition) is 3. The van der Waals surface area contributed by atoms with Gasteiger partial charge in [0.2, 0.25) is 5.84 Å². The van der Waals surface area contributed by atoms with Gasteiger partial charge in [0.05, 0.1) is 18.4 Å². The summed E-state index contributed by atoms with van der Waals surface area (Å²) in [7, 11) is 1.66. The maximum Gasteiger partial charge on any atom is 0.237 e. The van der Waals surface area contributed by atoms with Crippen LogP contribution < -0.4 is 10.1 Å². The van der Waals surface area contributed by atoms with Gasteiger partial charge in [0.1, 0.15) is 11.4 Å². The number of pyridine rings is 1. The molecular formula is C23H20N3O+. The highest BCUT2D eigenvalue weighted by atomic mass is 16.5. The molecule has 0 amide bonds. The first-order chi connectivity index (χ1) is 13.3. The highest BCUT2D eigenvalue weighted by Gasteiger charge is 2.14. The second-order valence-corrected chi connectivity index (χ2v) is 6.15. The molecule has 132 valence electrons. The minimum absolute atomic E-state index is 0.818. The standard InChI is InChI=1S/C23H19N3O/c1-27-20-11-9-18(10-12-20)25-23(26-19-13-15-24-16-14-19)22-8-4-6-17-5-2-3-7-21(17)22/h2-16H,1H3,(H,24,25,26)/p+1. The Morgan fingerprint density at radius 2 is 1.59 bits per heavy atom. The number of nitrogens with zero attached hydrogens (tertiary/aromatic N) is 2. The molecule has 0 spiro atoms. The fourth-order valence-corrected chi connectivity index (χ4v) is 3.03. The van der Waals surface area contributed by atoms with Crippen LogP contribution in [-0.4, -0.2) is 17.9 Å². The van der Waals surface area contributed by atoms with Gasteiger partial charge in [0.15, 0.2) is 0 Å². The fraction of sp³-hybridized carbons (Fsp3) is 0.0435. The number of nitrogens with two attached hydrogens (primary N) is 1. The lowest BCUT2D eigenvalue weighted by Gasteiger charge is -2.09. The van der Waals surface area contributed by atoms with E-state index in [0.717, 1.165) is 28.5 Å². The van der Waals surface area contributed by atoms with Gasteiger partial charge in [-0.2, -0.15) is 4.99 Å². The average molecular weight is 354 g/mol. The Kier molecular flexibility index (Phi) is 4.90. The van der Waals surface area contributed by atoms with Crippen LogP contribution in [0.5, 0.6) is 5.75 Å². The number of rotatable bonds is 4. The Morgan fingerprint density at radius 1 is 0.852 bits per heavy atom. The lowest BCUT2D eigenvalue weighted by atomic mass is 10.0. The monoisotopic (exact) mass is 354 g/mol. The predicted octanol–water partition coefficient (Wildman–Crippen LogP) is 4.22. The number of amidine groups is 1. The number of hydrogen-bond donors (Lipinski definition) is 1. The number of ether oxygens (including phenoxy) is 1. The quantitative estimate of drug-likeness (QED) is 0.441. The smallest absolute Gasteiger partial charge is 0.237 e. The van der Waals surface area contributed by atoms with Gasteiger partial charge in [-0.1, -0.05) is 36.4 Å². The highest BCUT2D eigenvalue weighted by molar-refractivity contribution is 6.06. The maximum absolute atomic E-state index is 5.25. The van der Waals surface area contributed by atoms with E-state index in [1.54, 1.807) is 19.5 Å².